The van der Waals surface area contributed by atoms with Crippen LogP contribution in [0.25, 0.3) is 82.8 Å². The molecule has 0 amide bonds. The van der Waals surface area contributed by atoms with Crippen molar-refractivity contribution in [2.45, 2.75) is 25.7 Å². The quantitative estimate of drug-likeness (QED) is 0.158. The Kier molecular flexibility index (Phi) is 9.08. The standard InChI is InChI=1S/C56H40N4/c1-4-12-39(13-5-1)48-36-52(60-56-47(48)32-28-46-31-34-50(59-55(46)56)41-16-8-3-9-17-41)43-21-11-19-38(23-25-43)37-18-10-20-42(24-22-37)51-35-30-45-27-26-44-29-33-49(40-14-6-2-7-15-40)57-53(44)54(45)58-51/h1-4,6-9,12,14-36H,5,10-11,13H2. The number of hydrogen-bond acceptors (Lipinski definition) is 4. The van der Waals surface area contributed by atoms with Crippen molar-refractivity contribution in [1.29, 1.82) is 0 Å². The number of hydrogen-bond donors (Lipinski definition) is 0. The maximum Gasteiger partial charge on any atom is 0.0978 e. The fourth-order valence-electron chi connectivity index (χ4n) is 8.64. The van der Waals surface area contributed by atoms with Crippen molar-refractivity contribution in [3.05, 3.63) is 222 Å². The van der Waals surface area contributed by atoms with E-state index >= 15 is 0 Å². The summed E-state index contributed by atoms with van der Waals surface area (Å²) < 4.78 is 0. The Morgan fingerprint density at radius 2 is 0.867 bits per heavy atom. The van der Waals surface area contributed by atoms with Crippen LogP contribution in [0.4, 0.5) is 0 Å². The van der Waals surface area contributed by atoms with Crippen LogP contribution in [0.5, 0.6) is 0 Å². The first-order chi connectivity index (χ1) is 29.7. The van der Waals surface area contributed by atoms with Crippen molar-refractivity contribution in [2.75, 3.05) is 0 Å². The summed E-state index contributed by atoms with van der Waals surface area (Å²) in [5.74, 6) is 0. The summed E-state index contributed by atoms with van der Waals surface area (Å²) in [4.78, 5) is 21.0. The average molecular weight is 769 g/mol. The molecular weight excluding hydrogens is 729 g/mol. The SMILES string of the molecule is C1=CCCC(c2cc(C3=CCC=C(C4=CCC=C(c5ccc6ccc7ccc(-c8ccccc8)nc7c6n5)C=C4)C=C3)nc3c2ccc2ccc(-c4ccccc4)nc23)=C1. The number of aromatic nitrogens is 4. The number of pyridine rings is 4. The molecule has 0 atom stereocenters. The summed E-state index contributed by atoms with van der Waals surface area (Å²) in [6.45, 7) is 0. The van der Waals surface area contributed by atoms with Crippen LogP contribution in [0, 0.1) is 0 Å². The van der Waals surface area contributed by atoms with E-state index in [2.05, 4.69) is 182 Å². The number of fused-ring (bicyclic) bond motifs is 6. The van der Waals surface area contributed by atoms with E-state index in [1.807, 2.05) is 12.1 Å². The Bertz CT molecular complexity index is 3280. The fourth-order valence-corrected chi connectivity index (χ4v) is 8.64. The van der Waals surface area contributed by atoms with E-state index in [1.165, 1.54) is 22.3 Å². The molecular formula is C56H40N4. The van der Waals surface area contributed by atoms with E-state index < -0.39 is 0 Å². The number of nitrogens with zero attached hydrogens (tertiary/aromatic N) is 4. The summed E-state index contributed by atoms with van der Waals surface area (Å²) >= 11 is 0. The summed E-state index contributed by atoms with van der Waals surface area (Å²) in [7, 11) is 0. The van der Waals surface area contributed by atoms with E-state index in [0.717, 1.165) is 114 Å². The van der Waals surface area contributed by atoms with Gasteiger partial charge in [-0.1, -0.05) is 170 Å². The van der Waals surface area contributed by atoms with Crippen LogP contribution in [0.2, 0.25) is 0 Å². The van der Waals surface area contributed by atoms with Crippen LogP contribution in [-0.4, -0.2) is 19.9 Å². The third-order valence-electron chi connectivity index (χ3n) is 11.8. The lowest BCUT2D eigenvalue weighted by Crippen LogP contribution is -1.98. The van der Waals surface area contributed by atoms with Crippen LogP contribution in [0.3, 0.4) is 0 Å². The molecule has 3 aliphatic carbocycles. The first-order valence-electron chi connectivity index (χ1n) is 20.8. The highest BCUT2D eigenvalue weighted by molar-refractivity contribution is 6.08. The zero-order valence-corrected chi connectivity index (χ0v) is 33.1. The summed E-state index contributed by atoms with van der Waals surface area (Å²) in [5.41, 5.74) is 16.9. The van der Waals surface area contributed by atoms with Crippen molar-refractivity contribution in [2.24, 2.45) is 0 Å². The molecule has 0 bridgehead atoms. The van der Waals surface area contributed by atoms with Gasteiger partial charge in [-0.05, 0) is 83.4 Å². The van der Waals surface area contributed by atoms with Crippen LogP contribution in [0.1, 0.15) is 42.6 Å². The third-order valence-corrected chi connectivity index (χ3v) is 11.8. The molecule has 60 heavy (non-hydrogen) atoms. The van der Waals surface area contributed by atoms with Gasteiger partial charge in [-0.2, -0.15) is 0 Å². The predicted molar refractivity (Wildman–Crippen MR) is 251 cm³/mol. The fraction of sp³-hybridized carbons (Fsp3) is 0.0714. The van der Waals surface area contributed by atoms with Crippen molar-refractivity contribution in [3.63, 3.8) is 0 Å². The Balaban J connectivity index is 0.907. The average Bonchev–Trinajstić information content (AvgIpc) is 3.73. The van der Waals surface area contributed by atoms with E-state index in [0.29, 0.717) is 0 Å². The van der Waals surface area contributed by atoms with Gasteiger partial charge in [-0.15, -0.1) is 0 Å². The molecule has 4 aromatic heterocycles. The second-order valence-electron chi connectivity index (χ2n) is 15.6. The number of benzene rings is 4. The first kappa shape index (κ1) is 35.6. The molecule has 4 aromatic carbocycles. The van der Waals surface area contributed by atoms with Gasteiger partial charge < -0.3 is 0 Å². The molecule has 4 heterocycles. The lowest BCUT2D eigenvalue weighted by molar-refractivity contribution is 1.05. The zero-order chi connectivity index (χ0) is 39.8. The molecule has 11 rings (SSSR count). The lowest BCUT2D eigenvalue weighted by atomic mass is 9.92. The Hall–Kier alpha value is -7.56. The Labute approximate surface area is 349 Å². The molecule has 0 N–H and O–H groups in total. The monoisotopic (exact) mass is 768 g/mol. The predicted octanol–water partition coefficient (Wildman–Crippen LogP) is 14.2. The van der Waals surface area contributed by atoms with Crippen LogP contribution < -0.4 is 0 Å². The molecule has 4 heteroatoms. The molecule has 8 aromatic rings. The first-order valence-corrected chi connectivity index (χ1v) is 20.8. The Morgan fingerprint density at radius 1 is 0.400 bits per heavy atom. The molecule has 0 aliphatic heterocycles. The lowest BCUT2D eigenvalue weighted by Gasteiger charge is -2.16. The minimum absolute atomic E-state index is 0.798. The van der Waals surface area contributed by atoms with Crippen LogP contribution in [0.15, 0.2) is 205 Å². The van der Waals surface area contributed by atoms with Crippen molar-refractivity contribution >= 4 is 60.3 Å². The van der Waals surface area contributed by atoms with Gasteiger partial charge in [0, 0.05) is 32.7 Å². The van der Waals surface area contributed by atoms with Gasteiger partial charge in [0.25, 0.3) is 0 Å². The second-order valence-corrected chi connectivity index (χ2v) is 15.6. The minimum atomic E-state index is 0.798. The maximum absolute atomic E-state index is 5.42. The summed E-state index contributed by atoms with van der Waals surface area (Å²) in [6.07, 6.45) is 28.5. The van der Waals surface area contributed by atoms with E-state index in [9.17, 15) is 0 Å². The van der Waals surface area contributed by atoms with E-state index in [-0.39, 0.29) is 0 Å². The highest BCUT2D eigenvalue weighted by atomic mass is 14.8. The largest absolute Gasteiger partial charge is 0.246 e. The molecule has 4 nitrogen and oxygen atoms in total. The van der Waals surface area contributed by atoms with Gasteiger partial charge in [0.1, 0.15) is 0 Å². The van der Waals surface area contributed by atoms with E-state index in [1.54, 1.807) is 0 Å². The highest BCUT2D eigenvalue weighted by Gasteiger charge is 2.17. The van der Waals surface area contributed by atoms with Crippen LogP contribution >= 0.6 is 0 Å². The molecule has 0 unspecified atom stereocenters. The van der Waals surface area contributed by atoms with Gasteiger partial charge in [-0.25, -0.2) is 19.9 Å². The second kappa shape index (κ2) is 15.3. The van der Waals surface area contributed by atoms with Gasteiger partial charge in [0.15, 0.2) is 0 Å². The van der Waals surface area contributed by atoms with Gasteiger partial charge in [0.05, 0.1) is 44.8 Å². The van der Waals surface area contributed by atoms with E-state index in [4.69, 9.17) is 19.9 Å². The number of allylic oxidation sites excluding steroid dienone is 16. The molecule has 0 saturated carbocycles. The molecule has 0 fully saturated rings. The summed E-state index contributed by atoms with van der Waals surface area (Å²) in [6, 6.07) is 44.6. The normalized spacial score (nSPS) is 15.4. The minimum Gasteiger partial charge on any atom is -0.246 e. The van der Waals surface area contributed by atoms with Crippen molar-refractivity contribution in [3.8, 4) is 22.5 Å². The highest BCUT2D eigenvalue weighted by Crippen LogP contribution is 2.37. The Morgan fingerprint density at radius 3 is 1.45 bits per heavy atom. The molecule has 3 aliphatic rings. The number of rotatable bonds is 6. The van der Waals surface area contributed by atoms with Crippen LogP contribution in [-0.2, 0) is 0 Å². The molecule has 0 radical (unpaired) electrons. The smallest absolute Gasteiger partial charge is 0.0978 e. The zero-order valence-electron chi connectivity index (χ0n) is 33.1. The topological polar surface area (TPSA) is 51.6 Å². The maximum atomic E-state index is 5.42. The van der Waals surface area contributed by atoms with Gasteiger partial charge in [-0.3, -0.25) is 0 Å². The van der Waals surface area contributed by atoms with Crippen molar-refractivity contribution < 1.29 is 0 Å². The van der Waals surface area contributed by atoms with Gasteiger partial charge >= 0.3 is 0 Å². The molecule has 0 saturated heterocycles. The molecule has 0 spiro atoms. The molecule has 284 valence electrons. The van der Waals surface area contributed by atoms with Crippen molar-refractivity contribution in [1.82, 2.24) is 19.9 Å². The third kappa shape index (κ3) is 6.72. The summed E-state index contributed by atoms with van der Waals surface area (Å²) in [5, 5.41) is 4.40. The van der Waals surface area contributed by atoms with Gasteiger partial charge in [0.2, 0.25) is 0 Å².